The molecule has 0 bridgehead atoms. The Morgan fingerprint density at radius 1 is 1.23 bits per heavy atom. The van der Waals surface area contributed by atoms with E-state index in [1.54, 1.807) is 11.4 Å². The maximum Gasteiger partial charge on any atom is 0.217 e. The Kier molecular flexibility index (Phi) is 4.78. The molecule has 22 heavy (non-hydrogen) atoms. The maximum atomic E-state index is 12.4. The van der Waals surface area contributed by atoms with E-state index in [2.05, 4.69) is 4.90 Å². The van der Waals surface area contributed by atoms with Crippen molar-refractivity contribution in [3.8, 4) is 0 Å². The fourth-order valence-corrected chi connectivity index (χ4v) is 5.04. The topological polar surface area (TPSA) is 40.6 Å². The Bertz CT molecular complexity index is 614. The number of rotatable bonds is 5. The zero-order valence-electron chi connectivity index (χ0n) is 12.9. The highest BCUT2D eigenvalue weighted by atomic mass is 35.5. The van der Waals surface area contributed by atoms with E-state index in [0.717, 1.165) is 50.3 Å². The summed E-state index contributed by atoms with van der Waals surface area (Å²) >= 11 is 5.92. The molecule has 2 fully saturated rings. The first-order valence-electron chi connectivity index (χ1n) is 7.90. The van der Waals surface area contributed by atoms with Crippen molar-refractivity contribution in [3.63, 3.8) is 0 Å². The van der Waals surface area contributed by atoms with Crippen molar-refractivity contribution in [3.05, 3.63) is 34.9 Å². The van der Waals surface area contributed by atoms with Crippen molar-refractivity contribution < 1.29 is 8.42 Å². The van der Waals surface area contributed by atoms with Crippen LogP contribution in [0.3, 0.4) is 0 Å². The van der Waals surface area contributed by atoms with Crippen LogP contribution in [-0.4, -0.2) is 49.1 Å². The molecule has 4 nitrogen and oxygen atoms in total. The van der Waals surface area contributed by atoms with Gasteiger partial charge in [0, 0.05) is 31.2 Å². The molecular weight excluding hydrogens is 320 g/mol. The fourth-order valence-electron chi connectivity index (χ4n) is 3.13. The van der Waals surface area contributed by atoms with Gasteiger partial charge in [-0.25, -0.2) is 12.7 Å². The van der Waals surface area contributed by atoms with E-state index in [4.69, 9.17) is 11.6 Å². The minimum absolute atomic E-state index is 0.103. The molecular formula is C16H23ClN2O2S. The first-order valence-corrected chi connectivity index (χ1v) is 9.78. The number of piperidine rings is 1. The quantitative estimate of drug-likeness (QED) is 0.826. The molecule has 3 rings (SSSR count). The van der Waals surface area contributed by atoms with Crippen LogP contribution in [0.25, 0.3) is 0 Å². The van der Waals surface area contributed by atoms with E-state index in [-0.39, 0.29) is 11.3 Å². The van der Waals surface area contributed by atoms with Crippen LogP contribution >= 0.6 is 11.6 Å². The van der Waals surface area contributed by atoms with Crippen LogP contribution in [0.2, 0.25) is 5.02 Å². The lowest BCUT2D eigenvalue weighted by Crippen LogP contribution is -2.48. The van der Waals surface area contributed by atoms with Crippen LogP contribution in [0.1, 0.15) is 31.2 Å². The SMILES string of the molecule is CN(C1CCCN(Cc2ccc(Cl)cc2)C1)S(=O)(=O)C1CC1. The number of benzene rings is 1. The number of hydrogen-bond donors (Lipinski definition) is 0. The lowest BCUT2D eigenvalue weighted by molar-refractivity contribution is 0.153. The summed E-state index contributed by atoms with van der Waals surface area (Å²) in [4.78, 5) is 2.34. The zero-order valence-corrected chi connectivity index (χ0v) is 14.5. The van der Waals surface area contributed by atoms with Crippen LogP contribution in [0.15, 0.2) is 24.3 Å². The molecule has 1 aliphatic heterocycles. The first kappa shape index (κ1) is 16.2. The third-order valence-corrected chi connectivity index (χ3v) is 7.33. The highest BCUT2D eigenvalue weighted by Gasteiger charge is 2.41. The van der Waals surface area contributed by atoms with Gasteiger partial charge in [0.1, 0.15) is 0 Å². The predicted octanol–water partition coefficient (Wildman–Crippen LogP) is 2.73. The van der Waals surface area contributed by atoms with Crippen molar-refractivity contribution in [2.24, 2.45) is 0 Å². The molecule has 1 heterocycles. The van der Waals surface area contributed by atoms with Crippen molar-refractivity contribution >= 4 is 21.6 Å². The second-order valence-electron chi connectivity index (χ2n) is 6.42. The summed E-state index contributed by atoms with van der Waals surface area (Å²) in [6, 6.07) is 7.99. The molecule has 1 atom stereocenters. The molecule has 1 saturated heterocycles. The van der Waals surface area contributed by atoms with Crippen LogP contribution in [-0.2, 0) is 16.6 Å². The van der Waals surface area contributed by atoms with E-state index >= 15 is 0 Å². The Hall–Kier alpha value is -0.620. The van der Waals surface area contributed by atoms with Gasteiger partial charge in [-0.3, -0.25) is 4.90 Å². The molecule has 0 N–H and O–H groups in total. The van der Waals surface area contributed by atoms with Gasteiger partial charge in [0.05, 0.1) is 5.25 Å². The second kappa shape index (κ2) is 6.48. The van der Waals surface area contributed by atoms with Gasteiger partial charge in [-0.05, 0) is 49.9 Å². The zero-order chi connectivity index (χ0) is 15.7. The molecule has 1 aliphatic carbocycles. The highest BCUT2D eigenvalue weighted by molar-refractivity contribution is 7.90. The molecule has 122 valence electrons. The van der Waals surface area contributed by atoms with Gasteiger partial charge in [-0.2, -0.15) is 0 Å². The minimum atomic E-state index is -3.08. The summed E-state index contributed by atoms with van der Waals surface area (Å²) in [7, 11) is -1.32. The van der Waals surface area contributed by atoms with E-state index < -0.39 is 10.0 Å². The van der Waals surface area contributed by atoms with Gasteiger partial charge in [0.15, 0.2) is 0 Å². The summed E-state index contributed by atoms with van der Waals surface area (Å²) in [5.74, 6) is 0. The number of halogens is 1. The van der Waals surface area contributed by atoms with E-state index in [1.165, 1.54) is 5.56 Å². The Balaban J connectivity index is 1.62. The van der Waals surface area contributed by atoms with Crippen LogP contribution in [0.4, 0.5) is 0 Å². The lowest BCUT2D eigenvalue weighted by Gasteiger charge is -2.37. The minimum Gasteiger partial charge on any atom is -0.297 e. The maximum absolute atomic E-state index is 12.4. The van der Waals surface area contributed by atoms with Gasteiger partial charge in [-0.15, -0.1) is 0 Å². The van der Waals surface area contributed by atoms with E-state index in [9.17, 15) is 8.42 Å². The molecule has 0 amide bonds. The average molecular weight is 343 g/mol. The predicted molar refractivity (Wildman–Crippen MR) is 89.5 cm³/mol. The molecule has 1 aromatic carbocycles. The molecule has 1 aromatic rings. The summed E-state index contributed by atoms with van der Waals surface area (Å²) in [5.41, 5.74) is 1.22. The van der Waals surface area contributed by atoms with Crippen molar-refractivity contribution in [2.45, 2.75) is 43.5 Å². The molecule has 0 radical (unpaired) electrons. The first-order chi connectivity index (χ1) is 10.5. The largest absolute Gasteiger partial charge is 0.297 e. The van der Waals surface area contributed by atoms with Crippen molar-refractivity contribution in [1.29, 1.82) is 0 Å². The van der Waals surface area contributed by atoms with Crippen LogP contribution in [0, 0.1) is 0 Å². The summed E-state index contributed by atoms with van der Waals surface area (Å²) in [5, 5.41) is 0.625. The fraction of sp³-hybridized carbons (Fsp3) is 0.625. The van der Waals surface area contributed by atoms with Gasteiger partial charge in [-0.1, -0.05) is 23.7 Å². The number of likely N-dealkylation sites (N-methyl/N-ethyl adjacent to an activating group) is 1. The van der Waals surface area contributed by atoms with E-state index in [1.807, 2.05) is 24.3 Å². The summed E-state index contributed by atoms with van der Waals surface area (Å²) in [6.45, 7) is 2.69. The van der Waals surface area contributed by atoms with Gasteiger partial charge < -0.3 is 0 Å². The number of sulfonamides is 1. The van der Waals surface area contributed by atoms with Gasteiger partial charge in [0.25, 0.3) is 0 Å². The molecule has 2 aliphatic rings. The Morgan fingerprint density at radius 2 is 1.91 bits per heavy atom. The Morgan fingerprint density at radius 3 is 2.55 bits per heavy atom. The lowest BCUT2D eigenvalue weighted by atomic mass is 10.1. The highest BCUT2D eigenvalue weighted by Crippen LogP contribution is 2.32. The Labute approximate surface area is 138 Å². The molecule has 0 aromatic heterocycles. The standard InChI is InChI=1S/C16H23ClN2O2S/c1-18(22(20,21)16-8-9-16)15-3-2-10-19(12-15)11-13-4-6-14(17)7-5-13/h4-7,15-16H,2-3,8-12H2,1H3. The van der Waals surface area contributed by atoms with Gasteiger partial charge in [0.2, 0.25) is 10.0 Å². The number of nitrogens with zero attached hydrogens (tertiary/aromatic N) is 2. The van der Waals surface area contributed by atoms with Crippen LogP contribution < -0.4 is 0 Å². The third kappa shape index (κ3) is 3.65. The second-order valence-corrected chi connectivity index (χ2v) is 9.13. The molecule has 1 unspecified atom stereocenters. The van der Waals surface area contributed by atoms with Crippen molar-refractivity contribution in [1.82, 2.24) is 9.21 Å². The van der Waals surface area contributed by atoms with Crippen LogP contribution in [0.5, 0.6) is 0 Å². The summed E-state index contributed by atoms with van der Waals surface area (Å²) < 4.78 is 26.4. The third-order valence-electron chi connectivity index (χ3n) is 4.66. The normalized spacial score (nSPS) is 23.9. The van der Waals surface area contributed by atoms with E-state index in [0.29, 0.717) is 0 Å². The molecule has 0 spiro atoms. The summed E-state index contributed by atoms with van der Waals surface area (Å²) in [6.07, 6.45) is 3.66. The number of hydrogen-bond acceptors (Lipinski definition) is 3. The van der Waals surface area contributed by atoms with Crippen molar-refractivity contribution in [2.75, 3.05) is 20.1 Å². The smallest absolute Gasteiger partial charge is 0.217 e. The average Bonchev–Trinajstić information content (AvgIpc) is 3.34. The van der Waals surface area contributed by atoms with Gasteiger partial charge >= 0.3 is 0 Å². The molecule has 6 heteroatoms. The number of likely N-dealkylation sites (tertiary alicyclic amines) is 1. The monoisotopic (exact) mass is 342 g/mol. The molecule has 1 saturated carbocycles.